The van der Waals surface area contributed by atoms with Gasteiger partial charge in [-0.1, -0.05) is 29.4 Å². The number of nitrogens with two attached hydrogens (primary N) is 1. The second-order valence-electron chi connectivity index (χ2n) is 8.45. The number of hydrogen-bond donors (Lipinski definition) is 2. The fourth-order valence-electron chi connectivity index (χ4n) is 4.20. The Morgan fingerprint density at radius 2 is 1.68 bits per heavy atom. The Labute approximate surface area is 214 Å². The average Bonchev–Trinajstić information content (AvgIpc) is 3.47. The summed E-state index contributed by atoms with van der Waals surface area (Å²) < 4.78 is 74.2. The van der Waals surface area contributed by atoms with Crippen LogP contribution in [0.2, 0.25) is 0 Å². The molecule has 0 radical (unpaired) electrons. The highest BCUT2D eigenvalue weighted by atomic mass is 32.2. The van der Waals surface area contributed by atoms with Crippen molar-refractivity contribution in [2.45, 2.75) is 42.9 Å². The van der Waals surface area contributed by atoms with Gasteiger partial charge in [0.1, 0.15) is 16.4 Å². The van der Waals surface area contributed by atoms with Crippen molar-refractivity contribution in [3.05, 3.63) is 76.9 Å². The lowest BCUT2D eigenvalue weighted by Crippen LogP contribution is -2.53. The van der Waals surface area contributed by atoms with Crippen molar-refractivity contribution in [2.24, 2.45) is 5.73 Å². The molecular weight excluding hydrogens is 525 g/mol. The van der Waals surface area contributed by atoms with Gasteiger partial charge < -0.3 is 15.6 Å². The molecule has 198 valence electrons. The molecule has 11 nitrogen and oxygen atoms in total. The molecule has 0 saturated carbocycles. The van der Waals surface area contributed by atoms with Crippen molar-refractivity contribution in [1.82, 2.24) is 19.1 Å². The predicted octanol–water partition coefficient (Wildman–Crippen LogP) is 1.23. The summed E-state index contributed by atoms with van der Waals surface area (Å²) >= 11 is 0. The lowest BCUT2D eigenvalue weighted by Gasteiger charge is -2.28. The zero-order chi connectivity index (χ0) is 27.0. The highest BCUT2D eigenvalue weighted by Gasteiger charge is 2.50. The fourth-order valence-corrected chi connectivity index (χ4v) is 7.64. The second-order valence-corrected chi connectivity index (χ2v) is 12.2. The maximum absolute atomic E-state index is 13.6. The zero-order valence-corrected chi connectivity index (χ0v) is 21.7. The smallest absolute Gasteiger partial charge is 0.254 e. The Bertz CT molecular complexity index is 1500. The highest BCUT2D eigenvalue weighted by molar-refractivity contribution is 7.90. The van der Waals surface area contributed by atoms with Crippen molar-refractivity contribution >= 4 is 26.0 Å². The van der Waals surface area contributed by atoms with Crippen molar-refractivity contribution in [2.75, 3.05) is 13.1 Å². The molecule has 1 amide bonds. The van der Waals surface area contributed by atoms with Crippen LogP contribution in [0.1, 0.15) is 22.6 Å². The van der Waals surface area contributed by atoms with Gasteiger partial charge in [-0.15, -0.1) is 0 Å². The van der Waals surface area contributed by atoms with Crippen LogP contribution in [0.25, 0.3) is 0 Å². The summed E-state index contributed by atoms with van der Waals surface area (Å²) in [6, 6.07) is 11.2. The van der Waals surface area contributed by atoms with E-state index >= 15 is 0 Å². The minimum absolute atomic E-state index is 0.00676. The largest absolute Gasteiger partial charge is 0.360 e. The van der Waals surface area contributed by atoms with E-state index in [1.165, 1.54) is 13.8 Å². The molecule has 1 fully saturated rings. The quantitative estimate of drug-likeness (QED) is 0.423. The monoisotopic (exact) mass is 551 g/mol. The molecule has 37 heavy (non-hydrogen) atoms. The minimum Gasteiger partial charge on any atom is -0.360 e. The van der Waals surface area contributed by atoms with Crippen LogP contribution in [-0.4, -0.2) is 55.8 Å². The van der Waals surface area contributed by atoms with Crippen LogP contribution in [0, 0.1) is 19.7 Å². The summed E-state index contributed by atoms with van der Waals surface area (Å²) in [6.45, 7) is 2.54. The van der Waals surface area contributed by atoms with E-state index in [2.05, 4.69) is 10.5 Å². The van der Waals surface area contributed by atoms with Crippen LogP contribution in [0.3, 0.4) is 0 Å². The van der Waals surface area contributed by atoms with Gasteiger partial charge in [-0.05, 0) is 49.2 Å². The van der Waals surface area contributed by atoms with Crippen LogP contribution in [0.4, 0.5) is 4.39 Å². The maximum atomic E-state index is 13.6. The molecule has 1 aliphatic heterocycles. The third kappa shape index (κ3) is 5.15. The third-order valence-corrected chi connectivity index (χ3v) is 9.94. The number of benzene rings is 2. The standard InChI is InChI=1S/C23H26FN5O6S2/c1-15-21(16(2)35-27-15)37(33,34)29-11-10-28(36(31,32)20-8-6-19(24)7-9-20)23(29)22(30)26-14-18-5-3-4-17(12-18)13-25/h3-9,12,23H,10-11,13-14,25H2,1-2H3,(H,26,30). The van der Waals surface area contributed by atoms with Crippen LogP contribution < -0.4 is 11.1 Å². The Kier molecular flexibility index (Phi) is 7.48. The molecule has 4 rings (SSSR count). The number of carbonyl (C=O) groups excluding carboxylic acids is 1. The summed E-state index contributed by atoms with van der Waals surface area (Å²) in [4.78, 5) is 13.0. The fraction of sp³-hybridized carbons (Fsp3) is 0.304. The molecule has 3 aromatic rings. The van der Waals surface area contributed by atoms with Crippen molar-refractivity contribution in [3.8, 4) is 0 Å². The third-order valence-electron chi connectivity index (χ3n) is 5.97. The first-order chi connectivity index (χ1) is 17.5. The van der Waals surface area contributed by atoms with Gasteiger partial charge in [0.15, 0.2) is 11.9 Å². The van der Waals surface area contributed by atoms with E-state index in [4.69, 9.17) is 10.3 Å². The van der Waals surface area contributed by atoms with Gasteiger partial charge in [-0.3, -0.25) is 4.79 Å². The average molecular weight is 552 g/mol. The summed E-state index contributed by atoms with van der Waals surface area (Å²) in [5.74, 6) is -1.48. The summed E-state index contributed by atoms with van der Waals surface area (Å²) in [5, 5.41) is 6.32. The number of carbonyl (C=O) groups is 1. The molecule has 3 N–H and O–H groups in total. The molecule has 0 bridgehead atoms. The Balaban J connectivity index is 1.72. The number of rotatable bonds is 8. The first kappa shape index (κ1) is 26.9. The number of halogens is 1. The van der Waals surface area contributed by atoms with Crippen molar-refractivity contribution in [1.29, 1.82) is 0 Å². The molecule has 0 aliphatic carbocycles. The highest BCUT2D eigenvalue weighted by Crippen LogP contribution is 2.32. The molecule has 0 spiro atoms. The van der Waals surface area contributed by atoms with Gasteiger partial charge in [-0.2, -0.15) is 8.61 Å². The number of nitrogens with one attached hydrogen (secondary N) is 1. The van der Waals surface area contributed by atoms with Crippen LogP contribution in [0.5, 0.6) is 0 Å². The van der Waals surface area contributed by atoms with Gasteiger partial charge >= 0.3 is 0 Å². The molecular formula is C23H26FN5O6S2. The normalized spacial score (nSPS) is 17.2. The van der Waals surface area contributed by atoms with Crippen LogP contribution in [-0.2, 0) is 37.9 Å². The lowest BCUT2D eigenvalue weighted by molar-refractivity contribution is -0.126. The van der Waals surface area contributed by atoms with Gasteiger partial charge in [0.25, 0.3) is 5.91 Å². The SMILES string of the molecule is Cc1noc(C)c1S(=O)(=O)N1CCN(S(=O)(=O)c2ccc(F)cc2)C1C(=O)NCc1cccc(CN)c1. The zero-order valence-electron chi connectivity index (χ0n) is 20.1. The maximum Gasteiger partial charge on any atom is 0.254 e. The number of hydrogen-bond acceptors (Lipinski definition) is 8. The minimum atomic E-state index is -4.39. The van der Waals surface area contributed by atoms with E-state index < -0.39 is 37.9 Å². The van der Waals surface area contributed by atoms with Gasteiger partial charge in [0.2, 0.25) is 20.0 Å². The lowest BCUT2D eigenvalue weighted by atomic mass is 10.1. The van der Waals surface area contributed by atoms with Crippen LogP contribution in [0.15, 0.2) is 62.8 Å². The first-order valence-electron chi connectivity index (χ1n) is 11.2. The Hall–Kier alpha value is -3.17. The molecule has 1 unspecified atom stereocenters. The number of aromatic nitrogens is 1. The van der Waals surface area contributed by atoms with E-state index in [1.807, 2.05) is 6.07 Å². The van der Waals surface area contributed by atoms with Gasteiger partial charge in [-0.25, -0.2) is 21.2 Å². The van der Waals surface area contributed by atoms with E-state index in [0.717, 1.165) is 38.4 Å². The van der Waals surface area contributed by atoms with E-state index in [0.29, 0.717) is 5.56 Å². The molecule has 1 saturated heterocycles. The topological polar surface area (TPSA) is 156 Å². The van der Waals surface area contributed by atoms with Crippen molar-refractivity contribution < 1.29 is 30.5 Å². The molecule has 2 aromatic carbocycles. The molecule has 1 atom stereocenters. The molecule has 2 heterocycles. The summed E-state index contributed by atoms with van der Waals surface area (Å²) in [6.07, 6.45) is -1.74. The van der Waals surface area contributed by atoms with E-state index in [9.17, 15) is 26.0 Å². The second kappa shape index (κ2) is 10.3. The number of amides is 1. The first-order valence-corrected chi connectivity index (χ1v) is 14.1. The summed E-state index contributed by atoms with van der Waals surface area (Å²) in [5.41, 5.74) is 7.28. The van der Waals surface area contributed by atoms with Crippen molar-refractivity contribution in [3.63, 3.8) is 0 Å². The molecule has 14 heteroatoms. The predicted molar refractivity (Wildman–Crippen MR) is 130 cm³/mol. The Morgan fingerprint density at radius 3 is 2.27 bits per heavy atom. The number of nitrogens with zero attached hydrogens (tertiary/aromatic N) is 3. The summed E-state index contributed by atoms with van der Waals surface area (Å²) in [7, 11) is -8.77. The molecule has 1 aromatic heterocycles. The Morgan fingerprint density at radius 1 is 1.05 bits per heavy atom. The number of aryl methyl sites for hydroxylation is 2. The van der Waals surface area contributed by atoms with E-state index in [1.54, 1.807) is 18.2 Å². The van der Waals surface area contributed by atoms with E-state index in [-0.39, 0.29) is 47.4 Å². The van der Waals surface area contributed by atoms with Gasteiger partial charge in [0, 0.05) is 26.2 Å². The van der Waals surface area contributed by atoms with Gasteiger partial charge in [0.05, 0.1) is 4.90 Å². The number of sulfonamides is 2. The molecule has 1 aliphatic rings. The van der Waals surface area contributed by atoms with Crippen LogP contribution >= 0.6 is 0 Å².